The Balaban J connectivity index is 1.40. The quantitative estimate of drug-likeness (QED) is 0.566. The second kappa shape index (κ2) is 9.16. The highest BCUT2D eigenvalue weighted by molar-refractivity contribution is 8.02. The Labute approximate surface area is 206 Å². The largest absolute Gasteiger partial charge is 0.354 e. The molecule has 2 aliphatic heterocycles. The van der Waals surface area contributed by atoms with Gasteiger partial charge in [-0.1, -0.05) is 60.1 Å². The number of carbonyl (C=O) groups excluding carboxylic acids is 3. The summed E-state index contributed by atoms with van der Waals surface area (Å²) < 4.78 is 0. The molecule has 0 aliphatic carbocycles. The van der Waals surface area contributed by atoms with Crippen molar-refractivity contribution in [3.8, 4) is 0 Å². The molecule has 0 saturated carbocycles. The predicted octanol–water partition coefficient (Wildman–Crippen LogP) is 3.98. The molecule has 1 saturated heterocycles. The summed E-state index contributed by atoms with van der Waals surface area (Å²) in [6.07, 6.45) is 0.704. The van der Waals surface area contributed by atoms with E-state index in [0.29, 0.717) is 34.9 Å². The maximum Gasteiger partial charge on any atom is 0.269 e. The van der Waals surface area contributed by atoms with Crippen LogP contribution in [-0.2, 0) is 25.7 Å². The van der Waals surface area contributed by atoms with E-state index in [9.17, 15) is 14.4 Å². The van der Waals surface area contributed by atoms with Crippen LogP contribution in [0.15, 0.2) is 78.9 Å². The van der Waals surface area contributed by atoms with E-state index in [0.717, 1.165) is 5.56 Å². The van der Waals surface area contributed by atoms with Crippen molar-refractivity contribution in [3.05, 3.63) is 95.0 Å². The monoisotopic (exact) mass is 491 g/mol. The van der Waals surface area contributed by atoms with Crippen LogP contribution < -0.4 is 15.1 Å². The van der Waals surface area contributed by atoms with E-state index in [1.807, 2.05) is 54.6 Å². The van der Waals surface area contributed by atoms with Crippen molar-refractivity contribution in [1.29, 1.82) is 0 Å². The molecule has 3 amide bonds. The Morgan fingerprint density at radius 3 is 2.44 bits per heavy atom. The third-order valence-corrected chi connectivity index (χ3v) is 7.67. The van der Waals surface area contributed by atoms with Crippen LogP contribution in [0.5, 0.6) is 0 Å². The summed E-state index contributed by atoms with van der Waals surface area (Å²) in [5.74, 6) is -0.536. The molecule has 1 N–H and O–H groups in total. The van der Waals surface area contributed by atoms with E-state index in [1.54, 1.807) is 29.2 Å². The smallest absolute Gasteiger partial charge is 0.269 e. The number of nitrogens with zero attached hydrogens (tertiary/aromatic N) is 2. The van der Waals surface area contributed by atoms with Crippen molar-refractivity contribution in [3.63, 3.8) is 0 Å². The molecular formula is C26H22ClN3O3S. The van der Waals surface area contributed by atoms with Gasteiger partial charge in [0.2, 0.25) is 16.7 Å². The predicted molar refractivity (Wildman–Crippen MR) is 135 cm³/mol. The average Bonchev–Trinajstić information content (AvgIpc) is 3.31. The lowest BCUT2D eigenvalue weighted by atomic mass is 10.0. The van der Waals surface area contributed by atoms with Crippen molar-refractivity contribution in [1.82, 2.24) is 5.32 Å². The number of anilines is 2. The first-order valence-electron chi connectivity index (χ1n) is 11.0. The summed E-state index contributed by atoms with van der Waals surface area (Å²) in [6.45, 7) is 0.359. The van der Waals surface area contributed by atoms with Crippen LogP contribution >= 0.6 is 23.4 Å². The molecule has 0 aromatic heterocycles. The Bertz CT molecular complexity index is 1250. The molecule has 3 aromatic rings. The van der Waals surface area contributed by atoms with E-state index in [1.165, 1.54) is 16.7 Å². The maximum absolute atomic E-state index is 13.9. The van der Waals surface area contributed by atoms with Gasteiger partial charge < -0.3 is 5.32 Å². The molecule has 172 valence electrons. The molecule has 0 radical (unpaired) electrons. The van der Waals surface area contributed by atoms with Gasteiger partial charge in [-0.15, -0.1) is 11.8 Å². The Morgan fingerprint density at radius 2 is 1.68 bits per heavy atom. The first-order chi connectivity index (χ1) is 16.5. The lowest BCUT2D eigenvalue weighted by Gasteiger charge is -2.33. The summed E-state index contributed by atoms with van der Waals surface area (Å²) in [7, 11) is 0. The van der Waals surface area contributed by atoms with Gasteiger partial charge in [-0.3, -0.25) is 24.2 Å². The van der Waals surface area contributed by atoms with Gasteiger partial charge in [0.1, 0.15) is 6.54 Å². The maximum atomic E-state index is 13.9. The number of thioether (sulfide) groups is 1. The van der Waals surface area contributed by atoms with Crippen molar-refractivity contribution < 1.29 is 14.4 Å². The highest BCUT2D eigenvalue weighted by atomic mass is 35.5. The third kappa shape index (κ3) is 3.85. The molecule has 2 heterocycles. The van der Waals surface area contributed by atoms with Crippen LogP contribution in [0, 0.1) is 0 Å². The first kappa shape index (κ1) is 22.5. The summed E-state index contributed by atoms with van der Waals surface area (Å²) in [6, 6.07) is 24.1. The van der Waals surface area contributed by atoms with E-state index < -0.39 is 4.87 Å². The fraction of sp³-hybridized carbons (Fsp3) is 0.192. The summed E-state index contributed by atoms with van der Waals surface area (Å²) in [5.41, 5.74) is 3.08. The van der Waals surface area contributed by atoms with Gasteiger partial charge in [0.15, 0.2) is 0 Å². The molecule has 3 aromatic carbocycles. The number of nitrogens with one attached hydrogen (secondary N) is 1. The number of hydrogen-bond acceptors (Lipinski definition) is 4. The van der Waals surface area contributed by atoms with Gasteiger partial charge in [0.25, 0.3) is 5.91 Å². The normalized spacial score (nSPS) is 19.1. The second-order valence-electron chi connectivity index (χ2n) is 8.13. The molecule has 2 aliphatic rings. The summed E-state index contributed by atoms with van der Waals surface area (Å²) >= 11 is 7.33. The Hall–Kier alpha value is -3.29. The molecule has 1 spiro atoms. The zero-order chi connectivity index (χ0) is 23.7. The van der Waals surface area contributed by atoms with E-state index >= 15 is 0 Å². The van der Waals surface area contributed by atoms with Gasteiger partial charge in [-0.2, -0.15) is 0 Å². The van der Waals surface area contributed by atoms with Gasteiger partial charge in [-0.05, 0) is 42.3 Å². The van der Waals surface area contributed by atoms with E-state index in [4.69, 9.17) is 11.6 Å². The van der Waals surface area contributed by atoms with Crippen LogP contribution in [0.25, 0.3) is 0 Å². The number of amides is 3. The van der Waals surface area contributed by atoms with Crippen LogP contribution in [0.3, 0.4) is 0 Å². The molecule has 1 fully saturated rings. The van der Waals surface area contributed by atoms with Gasteiger partial charge in [-0.25, -0.2) is 0 Å². The van der Waals surface area contributed by atoms with Crippen LogP contribution in [0.4, 0.5) is 11.4 Å². The fourth-order valence-electron chi connectivity index (χ4n) is 4.49. The molecule has 34 heavy (non-hydrogen) atoms. The highest BCUT2D eigenvalue weighted by Gasteiger charge is 2.61. The SMILES string of the molecule is O=C(CN1C(=O)[C@@]2(SCC(=O)N2c2ccc(Cl)cc2)c2ccccc21)NCCc1ccccc1. The average molecular weight is 492 g/mol. The van der Waals surface area contributed by atoms with Gasteiger partial charge in [0.05, 0.1) is 11.4 Å². The minimum absolute atomic E-state index is 0.115. The number of para-hydroxylation sites is 1. The summed E-state index contributed by atoms with van der Waals surface area (Å²) in [5, 5.41) is 3.46. The van der Waals surface area contributed by atoms with Crippen LogP contribution in [0.2, 0.25) is 5.02 Å². The van der Waals surface area contributed by atoms with Crippen molar-refractivity contribution >= 4 is 52.5 Å². The Kier molecular flexibility index (Phi) is 6.06. The molecular weight excluding hydrogens is 470 g/mol. The standard InChI is InChI=1S/C26H22ClN3O3S/c27-19-10-12-20(13-11-19)30-24(32)17-34-26(30)21-8-4-5-9-22(21)29(25(26)33)16-23(31)28-15-14-18-6-2-1-3-7-18/h1-13H,14-17H2,(H,28,31)/t26-/m0/s1. The molecule has 5 rings (SSSR count). The van der Waals surface area contributed by atoms with Crippen LogP contribution in [-0.4, -0.2) is 36.6 Å². The number of carbonyl (C=O) groups is 3. The molecule has 6 nitrogen and oxygen atoms in total. The van der Waals surface area contributed by atoms with Crippen molar-refractivity contribution in [2.75, 3.05) is 28.6 Å². The minimum Gasteiger partial charge on any atom is -0.354 e. The Morgan fingerprint density at radius 1 is 0.971 bits per heavy atom. The van der Waals surface area contributed by atoms with Crippen LogP contribution in [0.1, 0.15) is 11.1 Å². The van der Waals surface area contributed by atoms with Crippen molar-refractivity contribution in [2.24, 2.45) is 0 Å². The minimum atomic E-state index is -1.24. The number of rotatable bonds is 6. The lowest BCUT2D eigenvalue weighted by molar-refractivity contribution is -0.125. The first-order valence-corrected chi connectivity index (χ1v) is 12.3. The molecule has 8 heteroatoms. The van der Waals surface area contributed by atoms with E-state index in [2.05, 4.69) is 5.32 Å². The lowest BCUT2D eigenvalue weighted by Crippen LogP contribution is -2.51. The number of halogens is 1. The molecule has 1 atom stereocenters. The van der Waals surface area contributed by atoms with E-state index in [-0.39, 0.29) is 30.0 Å². The number of hydrogen-bond donors (Lipinski definition) is 1. The molecule has 0 unspecified atom stereocenters. The third-order valence-electron chi connectivity index (χ3n) is 6.03. The van der Waals surface area contributed by atoms with Gasteiger partial charge >= 0.3 is 0 Å². The topological polar surface area (TPSA) is 69.7 Å². The number of benzene rings is 3. The molecule has 0 bridgehead atoms. The number of fused-ring (bicyclic) bond motifs is 2. The highest BCUT2D eigenvalue weighted by Crippen LogP contribution is 2.55. The zero-order valence-electron chi connectivity index (χ0n) is 18.2. The fourth-order valence-corrected chi connectivity index (χ4v) is 5.98. The van der Waals surface area contributed by atoms with Crippen molar-refractivity contribution in [2.45, 2.75) is 11.3 Å². The second-order valence-corrected chi connectivity index (χ2v) is 9.74. The van der Waals surface area contributed by atoms with Gasteiger partial charge in [0, 0.05) is 22.8 Å². The summed E-state index contributed by atoms with van der Waals surface area (Å²) in [4.78, 5) is 41.5. The zero-order valence-corrected chi connectivity index (χ0v) is 19.8.